The number of fused-ring (bicyclic) bond motifs is 1. The number of nitrogens with one attached hydrogen (secondary N) is 1. The van der Waals surface area contributed by atoms with Crippen LogP contribution in [0.1, 0.15) is 65.6 Å². The summed E-state index contributed by atoms with van der Waals surface area (Å²) in [6.07, 6.45) is 6.16. The van der Waals surface area contributed by atoms with Crippen LogP contribution < -0.4 is 5.32 Å². The minimum absolute atomic E-state index is 0.0109. The highest BCUT2D eigenvalue weighted by atomic mass is 16.6. The SMILES string of the molecule is C/C=C(\C(=C/C)Cn1ccc2cc(C(=O)N[C@@H](C)c3ccc([N+](=O)[O-])cc3)ccc21)c1ccc(C(=O)OCC)cc1. The molecule has 1 aromatic heterocycles. The summed E-state index contributed by atoms with van der Waals surface area (Å²) >= 11 is 0. The summed E-state index contributed by atoms with van der Waals surface area (Å²) in [5.41, 5.74) is 6.04. The molecule has 0 spiro atoms. The van der Waals surface area contributed by atoms with Gasteiger partial charge in [0.1, 0.15) is 0 Å². The molecular formula is C33H33N3O5. The third-order valence-corrected chi connectivity index (χ3v) is 7.02. The quantitative estimate of drug-likeness (QED) is 0.0966. The minimum Gasteiger partial charge on any atom is -0.462 e. The summed E-state index contributed by atoms with van der Waals surface area (Å²) in [7, 11) is 0. The van der Waals surface area contributed by atoms with Crippen LogP contribution in [0.15, 0.2) is 96.7 Å². The number of benzene rings is 3. The van der Waals surface area contributed by atoms with Crippen molar-refractivity contribution in [3.63, 3.8) is 0 Å². The van der Waals surface area contributed by atoms with E-state index in [0.29, 0.717) is 24.3 Å². The number of carbonyl (C=O) groups is 2. The first kappa shape index (κ1) is 29.0. The molecule has 0 aliphatic rings. The highest BCUT2D eigenvalue weighted by Crippen LogP contribution is 2.28. The van der Waals surface area contributed by atoms with Crippen molar-refractivity contribution in [2.45, 2.75) is 40.3 Å². The van der Waals surface area contributed by atoms with Crippen LogP contribution in [0.3, 0.4) is 0 Å². The molecule has 8 nitrogen and oxygen atoms in total. The van der Waals surface area contributed by atoms with Gasteiger partial charge in [-0.1, -0.05) is 36.4 Å². The number of esters is 1. The van der Waals surface area contributed by atoms with Gasteiger partial charge in [0.25, 0.3) is 11.6 Å². The van der Waals surface area contributed by atoms with Gasteiger partial charge in [-0.3, -0.25) is 14.9 Å². The Morgan fingerprint density at radius 2 is 1.61 bits per heavy atom. The topological polar surface area (TPSA) is 103 Å². The number of nitrogens with zero attached hydrogens (tertiary/aromatic N) is 2. The summed E-state index contributed by atoms with van der Waals surface area (Å²) in [6.45, 7) is 8.59. The number of carbonyl (C=O) groups excluding carboxylic acids is 2. The van der Waals surface area contributed by atoms with Crippen LogP contribution >= 0.6 is 0 Å². The van der Waals surface area contributed by atoms with E-state index in [2.05, 4.69) is 22.0 Å². The molecule has 3 aromatic carbocycles. The fraction of sp³-hybridized carbons (Fsp3) is 0.212. The second-order valence-electron chi connectivity index (χ2n) is 9.58. The van der Waals surface area contributed by atoms with Crippen molar-refractivity contribution in [2.24, 2.45) is 0 Å². The Hall–Kier alpha value is -4.98. The van der Waals surface area contributed by atoms with Crippen LogP contribution in [0.5, 0.6) is 0 Å². The number of amides is 1. The van der Waals surface area contributed by atoms with Gasteiger partial charge in [-0.25, -0.2) is 4.79 Å². The van der Waals surface area contributed by atoms with E-state index in [-0.39, 0.29) is 23.6 Å². The minimum atomic E-state index is -0.447. The molecule has 0 unspecified atom stereocenters. The average molecular weight is 552 g/mol. The number of nitro benzene ring substituents is 1. The van der Waals surface area contributed by atoms with Gasteiger partial charge < -0.3 is 14.6 Å². The Morgan fingerprint density at radius 1 is 0.951 bits per heavy atom. The van der Waals surface area contributed by atoms with E-state index in [9.17, 15) is 19.7 Å². The van der Waals surface area contributed by atoms with E-state index < -0.39 is 4.92 Å². The van der Waals surface area contributed by atoms with Crippen LogP contribution in [-0.4, -0.2) is 28.0 Å². The molecule has 41 heavy (non-hydrogen) atoms. The van der Waals surface area contributed by atoms with Crippen LogP contribution in [0.2, 0.25) is 0 Å². The first-order valence-corrected chi connectivity index (χ1v) is 13.5. The smallest absolute Gasteiger partial charge is 0.338 e. The van der Waals surface area contributed by atoms with Crippen LogP contribution in [0.25, 0.3) is 16.5 Å². The van der Waals surface area contributed by atoms with E-state index in [0.717, 1.165) is 33.2 Å². The van der Waals surface area contributed by atoms with E-state index in [1.165, 1.54) is 12.1 Å². The molecule has 1 atom stereocenters. The van der Waals surface area contributed by atoms with Crippen LogP contribution in [-0.2, 0) is 11.3 Å². The summed E-state index contributed by atoms with van der Waals surface area (Å²) < 4.78 is 7.23. The fourth-order valence-electron chi connectivity index (χ4n) is 4.78. The third-order valence-electron chi connectivity index (χ3n) is 7.02. The summed E-state index contributed by atoms with van der Waals surface area (Å²) in [4.78, 5) is 35.5. The van der Waals surface area contributed by atoms with Gasteiger partial charge in [0.2, 0.25) is 0 Å². The molecule has 0 saturated heterocycles. The number of allylic oxidation sites excluding steroid dienone is 4. The van der Waals surface area contributed by atoms with Gasteiger partial charge in [-0.05, 0) is 86.4 Å². The normalized spacial score (nSPS) is 12.7. The summed E-state index contributed by atoms with van der Waals surface area (Å²) in [6, 6.07) is 20.9. The van der Waals surface area contributed by atoms with Gasteiger partial charge in [0.05, 0.1) is 23.1 Å². The molecule has 1 N–H and O–H groups in total. The largest absolute Gasteiger partial charge is 0.462 e. The number of ether oxygens (including phenoxy) is 1. The number of rotatable bonds is 10. The molecule has 0 fully saturated rings. The second-order valence-corrected chi connectivity index (χ2v) is 9.58. The zero-order valence-electron chi connectivity index (χ0n) is 23.6. The number of nitro groups is 1. The van der Waals surface area contributed by atoms with Crippen LogP contribution in [0, 0.1) is 10.1 Å². The lowest BCUT2D eigenvalue weighted by atomic mass is 9.96. The number of non-ortho nitro benzene ring substituents is 1. The van der Waals surface area contributed by atoms with Gasteiger partial charge >= 0.3 is 5.97 Å². The molecule has 0 aliphatic heterocycles. The zero-order valence-corrected chi connectivity index (χ0v) is 23.6. The van der Waals surface area contributed by atoms with E-state index >= 15 is 0 Å². The van der Waals surface area contributed by atoms with E-state index in [1.807, 2.05) is 57.3 Å². The van der Waals surface area contributed by atoms with Crippen molar-refractivity contribution >= 4 is 34.0 Å². The van der Waals surface area contributed by atoms with Crippen molar-refractivity contribution in [3.8, 4) is 0 Å². The lowest BCUT2D eigenvalue weighted by molar-refractivity contribution is -0.384. The predicted octanol–water partition coefficient (Wildman–Crippen LogP) is 7.27. The van der Waals surface area contributed by atoms with E-state index in [1.54, 1.807) is 37.3 Å². The molecule has 210 valence electrons. The number of hydrogen-bond acceptors (Lipinski definition) is 5. The summed E-state index contributed by atoms with van der Waals surface area (Å²) in [5.74, 6) is -0.554. The first-order chi connectivity index (χ1) is 19.7. The Balaban J connectivity index is 1.48. The lowest BCUT2D eigenvalue weighted by Crippen LogP contribution is -2.26. The van der Waals surface area contributed by atoms with Gasteiger partial charge in [-0.15, -0.1) is 0 Å². The molecule has 0 radical (unpaired) electrons. The number of hydrogen-bond donors (Lipinski definition) is 1. The summed E-state index contributed by atoms with van der Waals surface area (Å²) in [5, 5.41) is 14.8. The Labute approximate surface area is 239 Å². The second kappa shape index (κ2) is 12.9. The molecule has 8 heteroatoms. The molecule has 4 aromatic rings. The molecule has 0 aliphatic carbocycles. The molecule has 1 heterocycles. The molecule has 1 amide bonds. The predicted molar refractivity (Wildman–Crippen MR) is 161 cm³/mol. The first-order valence-electron chi connectivity index (χ1n) is 13.5. The van der Waals surface area contributed by atoms with Crippen molar-refractivity contribution in [3.05, 3.63) is 129 Å². The lowest BCUT2D eigenvalue weighted by Gasteiger charge is -2.16. The Morgan fingerprint density at radius 3 is 2.22 bits per heavy atom. The molecule has 4 rings (SSSR count). The maximum Gasteiger partial charge on any atom is 0.338 e. The Bertz CT molecular complexity index is 1630. The van der Waals surface area contributed by atoms with E-state index in [4.69, 9.17) is 4.74 Å². The van der Waals surface area contributed by atoms with Crippen molar-refractivity contribution < 1.29 is 19.2 Å². The Kier molecular flexibility index (Phi) is 9.14. The maximum atomic E-state index is 13.0. The highest BCUT2D eigenvalue weighted by Gasteiger charge is 2.15. The standard InChI is InChI=1S/C33H33N3O5/c1-5-23(30(6-2)25-8-10-26(11-9-25)33(38)41-7-3)21-35-19-18-27-20-28(14-17-31(27)35)32(37)34-22(4)24-12-15-29(16-13-24)36(39)40/h5-6,8-20,22H,7,21H2,1-4H3,(H,34,37)/b23-5-,30-6+/t22-/m0/s1. The molecule has 0 saturated carbocycles. The number of aromatic nitrogens is 1. The third kappa shape index (κ3) is 6.61. The van der Waals surface area contributed by atoms with Gasteiger partial charge in [0.15, 0.2) is 0 Å². The van der Waals surface area contributed by atoms with Crippen molar-refractivity contribution in [1.82, 2.24) is 9.88 Å². The fourth-order valence-corrected chi connectivity index (χ4v) is 4.78. The highest BCUT2D eigenvalue weighted by molar-refractivity contribution is 5.98. The molecule has 0 bridgehead atoms. The van der Waals surface area contributed by atoms with Gasteiger partial charge in [0, 0.05) is 41.3 Å². The van der Waals surface area contributed by atoms with Crippen LogP contribution in [0.4, 0.5) is 5.69 Å². The van der Waals surface area contributed by atoms with Gasteiger partial charge in [-0.2, -0.15) is 0 Å². The monoisotopic (exact) mass is 551 g/mol. The average Bonchev–Trinajstić information content (AvgIpc) is 3.39. The molecular weight excluding hydrogens is 518 g/mol. The van der Waals surface area contributed by atoms with Crippen molar-refractivity contribution in [2.75, 3.05) is 6.61 Å². The van der Waals surface area contributed by atoms with Crippen molar-refractivity contribution in [1.29, 1.82) is 0 Å². The maximum absolute atomic E-state index is 13.0. The zero-order chi connectivity index (χ0) is 29.5.